The number of halogens is 1. The fraction of sp³-hybridized carbons (Fsp3) is 0.250. The molecule has 0 saturated heterocycles. The Morgan fingerprint density at radius 1 is 1.33 bits per heavy atom. The minimum absolute atomic E-state index is 0.167. The molecule has 4 nitrogen and oxygen atoms in total. The number of rotatable bonds is 5. The van der Waals surface area contributed by atoms with Crippen molar-refractivity contribution in [3.63, 3.8) is 0 Å². The molecule has 1 aromatic rings. The van der Waals surface area contributed by atoms with E-state index >= 15 is 0 Å². The molecule has 0 aliphatic heterocycles. The van der Waals surface area contributed by atoms with E-state index in [2.05, 4.69) is 29.2 Å². The molecule has 0 N–H and O–H groups in total. The predicted octanol–water partition coefficient (Wildman–Crippen LogP) is 2.18. The lowest BCUT2D eigenvalue weighted by molar-refractivity contribution is -0.138. The van der Waals surface area contributed by atoms with Gasteiger partial charge >= 0.3 is 5.97 Å². The number of esters is 1. The molecule has 0 bridgehead atoms. The highest BCUT2D eigenvalue weighted by Gasteiger charge is 2.15. The molecule has 0 saturated carbocycles. The van der Waals surface area contributed by atoms with E-state index in [4.69, 9.17) is 4.74 Å². The van der Waals surface area contributed by atoms with E-state index in [-0.39, 0.29) is 22.8 Å². The van der Waals surface area contributed by atoms with Gasteiger partial charge in [-0.2, -0.15) is 0 Å². The third kappa shape index (κ3) is 4.41. The van der Waals surface area contributed by atoms with Crippen molar-refractivity contribution in [1.29, 1.82) is 0 Å². The molecular weight excluding hydrogens is 367 g/mol. The molecule has 6 heteroatoms. The summed E-state index contributed by atoms with van der Waals surface area (Å²) in [7, 11) is -3.41. The Labute approximate surface area is 120 Å². The number of hydrogen-bond acceptors (Lipinski definition) is 4. The standard InChI is InChI=1S/C12H13IO4S/c1-9(2)12(14)17-7-8-18(15,16)11-5-3-10(13)4-6-11/h3-6H,1,7-8H2,2H3. The van der Waals surface area contributed by atoms with Gasteiger partial charge in [0.1, 0.15) is 6.61 Å². The van der Waals surface area contributed by atoms with Crippen LogP contribution in [0.4, 0.5) is 0 Å². The average molecular weight is 380 g/mol. The van der Waals surface area contributed by atoms with Crippen molar-refractivity contribution >= 4 is 38.4 Å². The van der Waals surface area contributed by atoms with E-state index in [1.54, 1.807) is 12.1 Å². The normalized spacial score (nSPS) is 11.0. The number of ether oxygens (including phenoxy) is 1. The molecule has 0 fully saturated rings. The SMILES string of the molecule is C=C(C)C(=O)OCCS(=O)(=O)c1ccc(I)cc1. The molecule has 0 aliphatic rings. The highest BCUT2D eigenvalue weighted by molar-refractivity contribution is 14.1. The number of sulfone groups is 1. The minimum atomic E-state index is -3.41. The van der Waals surface area contributed by atoms with Crippen LogP contribution in [0.15, 0.2) is 41.3 Å². The molecule has 18 heavy (non-hydrogen) atoms. The summed E-state index contributed by atoms with van der Waals surface area (Å²) in [6.07, 6.45) is 0. The summed E-state index contributed by atoms with van der Waals surface area (Å²) in [6, 6.07) is 6.51. The number of carbonyl (C=O) groups is 1. The molecule has 0 heterocycles. The largest absolute Gasteiger partial charge is 0.461 e. The van der Waals surface area contributed by atoms with Gasteiger partial charge in [0.05, 0.1) is 10.6 Å². The molecular formula is C12H13IO4S. The van der Waals surface area contributed by atoms with Gasteiger partial charge in [-0.1, -0.05) is 6.58 Å². The van der Waals surface area contributed by atoms with Gasteiger partial charge in [-0.05, 0) is 53.8 Å². The average Bonchev–Trinajstić information content (AvgIpc) is 2.29. The van der Waals surface area contributed by atoms with E-state index in [9.17, 15) is 13.2 Å². The van der Waals surface area contributed by atoms with E-state index in [0.29, 0.717) is 0 Å². The van der Waals surface area contributed by atoms with Crippen molar-refractivity contribution in [2.75, 3.05) is 12.4 Å². The van der Waals surface area contributed by atoms with Crippen LogP contribution >= 0.6 is 22.6 Å². The van der Waals surface area contributed by atoms with E-state index < -0.39 is 15.8 Å². The summed E-state index contributed by atoms with van der Waals surface area (Å²) in [5.74, 6) is -0.806. The smallest absolute Gasteiger partial charge is 0.333 e. The second-order valence-electron chi connectivity index (χ2n) is 3.69. The second kappa shape index (κ2) is 6.33. The maximum atomic E-state index is 11.9. The number of carbonyl (C=O) groups excluding carboxylic acids is 1. The topological polar surface area (TPSA) is 60.4 Å². The summed E-state index contributed by atoms with van der Waals surface area (Å²) >= 11 is 2.10. The molecule has 0 atom stereocenters. The Morgan fingerprint density at radius 2 is 1.89 bits per heavy atom. The van der Waals surface area contributed by atoms with Gasteiger partial charge in [0.25, 0.3) is 0 Å². The minimum Gasteiger partial charge on any atom is -0.461 e. The van der Waals surface area contributed by atoms with Gasteiger partial charge in [0.2, 0.25) is 0 Å². The van der Waals surface area contributed by atoms with Gasteiger partial charge in [0.15, 0.2) is 9.84 Å². The lowest BCUT2D eigenvalue weighted by Gasteiger charge is -2.06. The summed E-state index contributed by atoms with van der Waals surface area (Å²) in [4.78, 5) is 11.3. The molecule has 0 spiro atoms. The fourth-order valence-electron chi connectivity index (χ4n) is 1.13. The van der Waals surface area contributed by atoms with Gasteiger partial charge in [-0.3, -0.25) is 0 Å². The maximum Gasteiger partial charge on any atom is 0.333 e. The maximum absolute atomic E-state index is 11.9. The quantitative estimate of drug-likeness (QED) is 0.447. The first-order chi connectivity index (χ1) is 8.33. The van der Waals surface area contributed by atoms with E-state index in [1.807, 2.05) is 0 Å². The first kappa shape index (κ1) is 15.2. The first-order valence-electron chi connectivity index (χ1n) is 5.14. The second-order valence-corrected chi connectivity index (χ2v) is 7.04. The third-order valence-electron chi connectivity index (χ3n) is 2.11. The van der Waals surface area contributed by atoms with Gasteiger partial charge in [-0.15, -0.1) is 0 Å². The molecule has 0 aliphatic carbocycles. The first-order valence-corrected chi connectivity index (χ1v) is 7.87. The van der Waals surface area contributed by atoms with Gasteiger partial charge < -0.3 is 4.74 Å². The molecule has 0 radical (unpaired) electrons. The Balaban J connectivity index is 2.63. The predicted molar refractivity (Wildman–Crippen MR) is 77.0 cm³/mol. The summed E-state index contributed by atoms with van der Waals surface area (Å²) in [5, 5.41) is 0. The van der Waals surface area contributed by atoms with Crippen molar-refractivity contribution < 1.29 is 17.9 Å². The monoisotopic (exact) mass is 380 g/mol. The van der Waals surface area contributed by atoms with Gasteiger partial charge in [0, 0.05) is 9.14 Å². The van der Waals surface area contributed by atoms with Crippen LogP contribution in [0.2, 0.25) is 0 Å². The van der Waals surface area contributed by atoms with Crippen molar-refractivity contribution in [2.45, 2.75) is 11.8 Å². The third-order valence-corrected chi connectivity index (χ3v) is 4.52. The zero-order valence-corrected chi connectivity index (χ0v) is 12.8. The van der Waals surface area contributed by atoms with Crippen molar-refractivity contribution in [3.05, 3.63) is 40.0 Å². The van der Waals surface area contributed by atoms with Gasteiger partial charge in [-0.25, -0.2) is 13.2 Å². The van der Waals surface area contributed by atoms with Crippen molar-refractivity contribution in [3.8, 4) is 0 Å². The molecule has 1 aromatic carbocycles. The van der Waals surface area contributed by atoms with Crippen LogP contribution in [0, 0.1) is 3.57 Å². The molecule has 0 amide bonds. The zero-order valence-electron chi connectivity index (χ0n) is 9.85. The number of hydrogen-bond donors (Lipinski definition) is 0. The molecule has 0 aromatic heterocycles. The Morgan fingerprint density at radius 3 is 2.39 bits per heavy atom. The summed E-state index contributed by atoms with van der Waals surface area (Å²) in [5.41, 5.74) is 0.252. The van der Waals surface area contributed by atoms with Crippen LogP contribution in [0.25, 0.3) is 0 Å². The van der Waals surface area contributed by atoms with E-state index in [1.165, 1.54) is 19.1 Å². The molecule has 98 valence electrons. The van der Waals surface area contributed by atoms with Crippen LogP contribution in [-0.4, -0.2) is 26.7 Å². The Bertz CT molecular complexity index is 546. The summed E-state index contributed by atoms with van der Waals surface area (Å²) in [6.45, 7) is 4.76. The lowest BCUT2D eigenvalue weighted by atomic mass is 10.4. The van der Waals surface area contributed by atoms with Crippen LogP contribution in [0.3, 0.4) is 0 Å². The van der Waals surface area contributed by atoms with Crippen molar-refractivity contribution in [2.24, 2.45) is 0 Å². The number of benzene rings is 1. The van der Waals surface area contributed by atoms with Crippen LogP contribution in [0.1, 0.15) is 6.92 Å². The summed E-state index contributed by atoms with van der Waals surface area (Å²) < 4.78 is 29.5. The molecule has 0 unspecified atom stereocenters. The Kier molecular flexibility index (Phi) is 5.33. The van der Waals surface area contributed by atoms with Crippen LogP contribution in [0.5, 0.6) is 0 Å². The lowest BCUT2D eigenvalue weighted by Crippen LogP contribution is -2.15. The molecule has 1 rings (SSSR count). The van der Waals surface area contributed by atoms with Crippen LogP contribution < -0.4 is 0 Å². The van der Waals surface area contributed by atoms with E-state index in [0.717, 1.165) is 3.57 Å². The highest BCUT2D eigenvalue weighted by Crippen LogP contribution is 2.13. The highest BCUT2D eigenvalue weighted by atomic mass is 127. The zero-order chi connectivity index (χ0) is 13.8. The van der Waals surface area contributed by atoms with Crippen LogP contribution in [-0.2, 0) is 19.4 Å². The van der Waals surface area contributed by atoms with Crippen molar-refractivity contribution in [1.82, 2.24) is 0 Å². The Hall–Kier alpha value is -0.890. The fourth-order valence-corrected chi connectivity index (χ4v) is 2.58.